The first-order chi connectivity index (χ1) is 24.2. The Morgan fingerprint density at radius 2 is 0.857 bits per heavy atom. The van der Waals surface area contributed by atoms with Crippen LogP contribution < -0.4 is 0 Å². The first kappa shape index (κ1) is 29.8. The van der Waals surface area contributed by atoms with Gasteiger partial charge in [-0.15, -0.1) is 0 Å². The van der Waals surface area contributed by atoms with Crippen LogP contribution in [0.2, 0.25) is 0 Å². The summed E-state index contributed by atoms with van der Waals surface area (Å²) < 4.78 is 0. The van der Waals surface area contributed by atoms with E-state index >= 15 is 0 Å². The van der Waals surface area contributed by atoms with E-state index in [0.717, 1.165) is 78.4 Å². The summed E-state index contributed by atoms with van der Waals surface area (Å²) in [6, 6.07) is 50.6. The van der Waals surface area contributed by atoms with Crippen LogP contribution in [-0.2, 0) is 0 Å². The van der Waals surface area contributed by atoms with Gasteiger partial charge in [0.05, 0.1) is 23.3 Å². The fraction of sp³-hybridized carbons (Fsp3) is 0.0227. The Kier molecular flexibility index (Phi) is 8.06. The molecule has 5 heteroatoms. The van der Waals surface area contributed by atoms with Crippen molar-refractivity contribution in [2.75, 3.05) is 0 Å². The van der Waals surface area contributed by atoms with E-state index in [0.29, 0.717) is 5.82 Å². The lowest BCUT2D eigenvalue weighted by Gasteiger charge is -2.13. The quantitative estimate of drug-likeness (QED) is 0.175. The first-order valence-corrected chi connectivity index (χ1v) is 16.2. The molecule has 0 amide bonds. The van der Waals surface area contributed by atoms with Crippen LogP contribution in [0, 0.1) is 6.92 Å². The summed E-state index contributed by atoms with van der Waals surface area (Å²) in [4.78, 5) is 23.4. The molecule has 0 aliphatic carbocycles. The Labute approximate surface area is 285 Å². The van der Waals surface area contributed by atoms with Gasteiger partial charge in [0.1, 0.15) is 0 Å². The first-order valence-electron chi connectivity index (χ1n) is 16.2. The van der Waals surface area contributed by atoms with Crippen molar-refractivity contribution in [3.05, 3.63) is 176 Å². The van der Waals surface area contributed by atoms with Crippen LogP contribution in [0.1, 0.15) is 5.69 Å². The molecular formula is C44H31N5. The maximum atomic E-state index is 5.15. The lowest BCUT2D eigenvalue weighted by atomic mass is 9.94. The van der Waals surface area contributed by atoms with E-state index in [1.807, 2.05) is 55.6 Å². The minimum absolute atomic E-state index is 0.670. The number of benzene rings is 5. The van der Waals surface area contributed by atoms with E-state index < -0.39 is 0 Å². The van der Waals surface area contributed by atoms with Crippen molar-refractivity contribution in [1.82, 2.24) is 24.9 Å². The Hall–Kier alpha value is -6.59. The number of hydrogen-bond donors (Lipinski definition) is 0. The molecule has 0 bridgehead atoms. The van der Waals surface area contributed by atoms with Gasteiger partial charge in [0, 0.05) is 46.5 Å². The van der Waals surface area contributed by atoms with Crippen molar-refractivity contribution in [3.63, 3.8) is 0 Å². The molecule has 3 aromatic heterocycles. The molecule has 8 aromatic rings. The SMILES string of the molecule is Cc1cc(-c2ccc(-c3cc(-c4ccc(-c5cnccn5)cc4)cc(-c4nc(-c5ccccc5)cc(-c5ccccc5)n4)c3)cc2)ccn1. The molecular weight excluding hydrogens is 599 g/mol. The van der Waals surface area contributed by atoms with Crippen molar-refractivity contribution >= 4 is 0 Å². The average molecular weight is 630 g/mol. The number of pyridine rings is 1. The van der Waals surface area contributed by atoms with Gasteiger partial charge in [-0.1, -0.05) is 109 Å². The molecule has 8 rings (SSSR count). The molecule has 0 aliphatic rings. The molecule has 3 heterocycles. The second-order valence-electron chi connectivity index (χ2n) is 11.9. The standard InChI is InChI=1S/C44H31N5/c1-30-24-37(20-21-46-30)31-12-14-32(15-13-31)38-25-39(33-16-18-36(19-17-33)43-29-45-22-23-47-43)27-40(26-38)44-48-41(34-8-4-2-5-9-34)28-42(49-44)35-10-6-3-7-11-35/h2-29H,1H3. The van der Waals surface area contributed by atoms with Crippen LogP contribution in [-0.4, -0.2) is 24.9 Å². The van der Waals surface area contributed by atoms with Crippen LogP contribution in [0.25, 0.3) is 78.5 Å². The summed E-state index contributed by atoms with van der Waals surface area (Å²) >= 11 is 0. The van der Waals surface area contributed by atoms with Gasteiger partial charge >= 0.3 is 0 Å². The second kappa shape index (κ2) is 13.3. The highest BCUT2D eigenvalue weighted by Crippen LogP contribution is 2.35. The Morgan fingerprint density at radius 1 is 0.347 bits per heavy atom. The Balaban J connectivity index is 1.27. The van der Waals surface area contributed by atoms with Gasteiger partial charge in [0.15, 0.2) is 5.82 Å². The van der Waals surface area contributed by atoms with Crippen molar-refractivity contribution < 1.29 is 0 Å². The zero-order valence-electron chi connectivity index (χ0n) is 26.9. The number of rotatable bonds is 7. The second-order valence-corrected chi connectivity index (χ2v) is 11.9. The third-order valence-electron chi connectivity index (χ3n) is 8.58. The summed E-state index contributed by atoms with van der Waals surface area (Å²) in [5, 5.41) is 0. The highest BCUT2D eigenvalue weighted by atomic mass is 14.9. The largest absolute Gasteiger partial charge is 0.262 e. The van der Waals surface area contributed by atoms with Gasteiger partial charge in [-0.2, -0.15) is 0 Å². The topological polar surface area (TPSA) is 64.5 Å². The molecule has 0 fully saturated rings. The zero-order chi connectivity index (χ0) is 33.0. The van der Waals surface area contributed by atoms with Crippen molar-refractivity contribution in [3.8, 4) is 78.5 Å². The van der Waals surface area contributed by atoms with Crippen LogP contribution in [0.15, 0.2) is 170 Å². The van der Waals surface area contributed by atoms with Crippen LogP contribution >= 0.6 is 0 Å². The van der Waals surface area contributed by atoms with E-state index in [-0.39, 0.29) is 0 Å². The van der Waals surface area contributed by atoms with Gasteiger partial charge in [0.25, 0.3) is 0 Å². The van der Waals surface area contributed by atoms with E-state index in [1.165, 1.54) is 0 Å². The van der Waals surface area contributed by atoms with Crippen molar-refractivity contribution in [1.29, 1.82) is 0 Å². The number of hydrogen-bond acceptors (Lipinski definition) is 5. The molecule has 0 saturated carbocycles. The summed E-state index contributed by atoms with van der Waals surface area (Å²) in [5.74, 6) is 0.670. The summed E-state index contributed by atoms with van der Waals surface area (Å²) in [5.41, 5.74) is 14.3. The molecule has 0 aliphatic heterocycles. The normalized spacial score (nSPS) is 11.0. The average Bonchev–Trinajstić information content (AvgIpc) is 3.19. The zero-order valence-corrected chi connectivity index (χ0v) is 26.9. The molecule has 5 nitrogen and oxygen atoms in total. The fourth-order valence-electron chi connectivity index (χ4n) is 6.04. The lowest BCUT2D eigenvalue weighted by Crippen LogP contribution is -1.97. The third kappa shape index (κ3) is 6.51. The van der Waals surface area contributed by atoms with Gasteiger partial charge in [-0.05, 0) is 76.7 Å². The smallest absolute Gasteiger partial charge is 0.160 e. The Morgan fingerprint density at radius 3 is 1.39 bits per heavy atom. The van der Waals surface area contributed by atoms with E-state index in [1.54, 1.807) is 18.6 Å². The van der Waals surface area contributed by atoms with E-state index in [2.05, 4.69) is 118 Å². The summed E-state index contributed by atoms with van der Waals surface area (Å²) in [6.45, 7) is 2.02. The highest BCUT2D eigenvalue weighted by Gasteiger charge is 2.14. The molecule has 49 heavy (non-hydrogen) atoms. The minimum atomic E-state index is 0.670. The molecule has 0 atom stereocenters. The highest BCUT2D eigenvalue weighted by molar-refractivity contribution is 5.82. The molecule has 0 unspecified atom stereocenters. The molecule has 0 saturated heterocycles. The fourth-order valence-corrected chi connectivity index (χ4v) is 6.04. The minimum Gasteiger partial charge on any atom is -0.262 e. The van der Waals surface area contributed by atoms with Crippen molar-refractivity contribution in [2.24, 2.45) is 0 Å². The summed E-state index contributed by atoms with van der Waals surface area (Å²) in [7, 11) is 0. The van der Waals surface area contributed by atoms with Crippen LogP contribution in [0.4, 0.5) is 0 Å². The van der Waals surface area contributed by atoms with Crippen molar-refractivity contribution in [2.45, 2.75) is 6.92 Å². The van der Waals surface area contributed by atoms with Crippen LogP contribution in [0.3, 0.4) is 0 Å². The van der Waals surface area contributed by atoms with E-state index in [4.69, 9.17) is 9.97 Å². The van der Waals surface area contributed by atoms with Gasteiger partial charge < -0.3 is 0 Å². The Bertz CT molecular complexity index is 2300. The van der Waals surface area contributed by atoms with Gasteiger partial charge in [0.2, 0.25) is 0 Å². The van der Waals surface area contributed by atoms with Gasteiger partial charge in [-0.3, -0.25) is 15.0 Å². The predicted octanol–water partition coefficient (Wildman–Crippen LogP) is 10.6. The number of aromatic nitrogens is 5. The predicted molar refractivity (Wildman–Crippen MR) is 198 cm³/mol. The molecule has 5 aromatic carbocycles. The third-order valence-corrected chi connectivity index (χ3v) is 8.58. The van der Waals surface area contributed by atoms with E-state index in [9.17, 15) is 0 Å². The molecule has 0 radical (unpaired) electrons. The molecule has 232 valence electrons. The van der Waals surface area contributed by atoms with Gasteiger partial charge in [-0.25, -0.2) is 9.97 Å². The lowest BCUT2D eigenvalue weighted by molar-refractivity contribution is 1.18. The number of nitrogens with zero attached hydrogens (tertiary/aromatic N) is 5. The molecule has 0 N–H and O–H groups in total. The molecule has 0 spiro atoms. The maximum Gasteiger partial charge on any atom is 0.160 e. The number of aryl methyl sites for hydroxylation is 1. The van der Waals surface area contributed by atoms with Crippen LogP contribution in [0.5, 0.6) is 0 Å². The maximum absolute atomic E-state index is 5.15. The summed E-state index contributed by atoms with van der Waals surface area (Å²) in [6.07, 6.45) is 7.05. The monoisotopic (exact) mass is 629 g/mol.